The van der Waals surface area contributed by atoms with Crippen LogP contribution in [0.1, 0.15) is 39.2 Å². The molecule has 1 aromatic rings. The van der Waals surface area contributed by atoms with Crippen molar-refractivity contribution >= 4 is 5.82 Å². The highest BCUT2D eigenvalue weighted by Crippen LogP contribution is 2.08. The van der Waals surface area contributed by atoms with Gasteiger partial charge in [0, 0.05) is 19.3 Å². The van der Waals surface area contributed by atoms with E-state index in [0.29, 0.717) is 0 Å². The minimum absolute atomic E-state index is 0.921. The lowest BCUT2D eigenvalue weighted by Crippen LogP contribution is -2.24. The van der Waals surface area contributed by atoms with Gasteiger partial charge in [-0.1, -0.05) is 26.3 Å². The van der Waals surface area contributed by atoms with Crippen molar-refractivity contribution in [3.05, 3.63) is 23.9 Å². The van der Waals surface area contributed by atoms with E-state index in [1.807, 2.05) is 6.20 Å². The molecule has 1 N–H and O–H groups in total. The smallest absolute Gasteiger partial charge is 0.125 e. The Morgan fingerprint density at radius 3 is 2.59 bits per heavy atom. The number of rotatable bonds is 8. The van der Waals surface area contributed by atoms with Crippen LogP contribution in [0.15, 0.2) is 18.3 Å². The van der Waals surface area contributed by atoms with Crippen LogP contribution in [0.3, 0.4) is 0 Å². The van der Waals surface area contributed by atoms with E-state index >= 15 is 0 Å². The quantitative estimate of drug-likeness (QED) is 0.750. The lowest BCUT2D eigenvalue weighted by Gasteiger charge is -2.20. The van der Waals surface area contributed by atoms with Gasteiger partial charge in [0.15, 0.2) is 0 Å². The van der Waals surface area contributed by atoms with E-state index in [2.05, 4.69) is 48.1 Å². The van der Waals surface area contributed by atoms with Crippen molar-refractivity contribution < 1.29 is 0 Å². The lowest BCUT2D eigenvalue weighted by atomic mass is 10.2. The number of anilines is 1. The molecule has 17 heavy (non-hydrogen) atoms. The summed E-state index contributed by atoms with van der Waals surface area (Å²) in [6.07, 6.45) is 4.51. The number of aromatic nitrogens is 1. The van der Waals surface area contributed by atoms with Crippen LogP contribution < -0.4 is 5.32 Å². The summed E-state index contributed by atoms with van der Waals surface area (Å²) in [6.45, 7) is 10.8. The van der Waals surface area contributed by atoms with Crippen molar-refractivity contribution in [3.63, 3.8) is 0 Å². The fourth-order valence-corrected chi connectivity index (χ4v) is 1.79. The van der Waals surface area contributed by atoms with Crippen LogP contribution in [-0.4, -0.2) is 29.5 Å². The van der Waals surface area contributed by atoms with Gasteiger partial charge < -0.3 is 5.32 Å². The van der Waals surface area contributed by atoms with E-state index in [1.165, 1.54) is 24.9 Å². The van der Waals surface area contributed by atoms with Crippen LogP contribution in [0.2, 0.25) is 0 Å². The van der Waals surface area contributed by atoms with Crippen LogP contribution >= 0.6 is 0 Å². The van der Waals surface area contributed by atoms with Gasteiger partial charge in [-0.2, -0.15) is 0 Å². The molecule has 0 saturated heterocycles. The van der Waals surface area contributed by atoms with E-state index in [1.54, 1.807) is 0 Å². The third kappa shape index (κ3) is 5.18. The van der Waals surface area contributed by atoms with E-state index in [9.17, 15) is 0 Å². The van der Waals surface area contributed by atoms with Crippen molar-refractivity contribution in [2.45, 2.75) is 40.2 Å². The van der Waals surface area contributed by atoms with Gasteiger partial charge in [0.05, 0.1) is 0 Å². The van der Waals surface area contributed by atoms with Crippen molar-refractivity contribution in [3.8, 4) is 0 Å². The topological polar surface area (TPSA) is 28.2 Å². The van der Waals surface area contributed by atoms with Crippen LogP contribution in [0, 0.1) is 0 Å². The number of unbranched alkanes of at least 4 members (excludes halogenated alkanes) is 1. The molecular formula is C14H25N3. The van der Waals surface area contributed by atoms with Gasteiger partial charge in [0.2, 0.25) is 0 Å². The molecule has 0 aliphatic heterocycles. The van der Waals surface area contributed by atoms with Crippen LogP contribution in [0.25, 0.3) is 0 Å². The number of nitrogens with zero attached hydrogens (tertiary/aromatic N) is 2. The highest BCUT2D eigenvalue weighted by atomic mass is 15.1. The highest BCUT2D eigenvalue weighted by Gasteiger charge is 2.03. The third-order valence-corrected chi connectivity index (χ3v) is 2.86. The first-order chi connectivity index (χ1) is 8.30. The van der Waals surface area contributed by atoms with Gasteiger partial charge in [0.25, 0.3) is 0 Å². The largest absolute Gasteiger partial charge is 0.370 e. The van der Waals surface area contributed by atoms with Crippen LogP contribution in [0.5, 0.6) is 0 Å². The maximum atomic E-state index is 4.40. The summed E-state index contributed by atoms with van der Waals surface area (Å²) in [5, 5.41) is 3.21. The molecule has 3 nitrogen and oxygen atoms in total. The molecule has 0 aromatic carbocycles. The zero-order valence-corrected chi connectivity index (χ0v) is 11.4. The van der Waals surface area contributed by atoms with Crippen molar-refractivity contribution in [1.82, 2.24) is 9.88 Å². The van der Waals surface area contributed by atoms with Crippen molar-refractivity contribution in [2.24, 2.45) is 0 Å². The maximum absolute atomic E-state index is 4.40. The standard InChI is InChI=1S/C14H25N3/c1-4-7-10-17(6-3)12-13-8-9-14(15-5-2)16-11-13/h8-9,11H,4-7,10,12H2,1-3H3,(H,15,16). The Bertz CT molecular complexity index is 295. The zero-order valence-electron chi connectivity index (χ0n) is 11.4. The number of nitrogens with one attached hydrogen (secondary N) is 1. The molecule has 0 unspecified atom stereocenters. The molecule has 0 spiro atoms. The average molecular weight is 235 g/mol. The maximum Gasteiger partial charge on any atom is 0.125 e. The molecule has 1 aromatic heterocycles. The van der Waals surface area contributed by atoms with Crippen molar-refractivity contribution in [2.75, 3.05) is 25.0 Å². The fourth-order valence-electron chi connectivity index (χ4n) is 1.79. The molecule has 0 aliphatic carbocycles. The predicted octanol–water partition coefficient (Wildman–Crippen LogP) is 3.14. The Kier molecular flexibility index (Phi) is 6.63. The second-order valence-corrected chi connectivity index (χ2v) is 4.30. The number of hydrogen-bond acceptors (Lipinski definition) is 3. The van der Waals surface area contributed by atoms with Gasteiger partial charge in [-0.3, -0.25) is 4.90 Å². The molecule has 96 valence electrons. The molecule has 0 atom stereocenters. The predicted molar refractivity (Wildman–Crippen MR) is 74.3 cm³/mol. The normalized spacial score (nSPS) is 10.8. The first-order valence-corrected chi connectivity index (χ1v) is 6.71. The third-order valence-electron chi connectivity index (χ3n) is 2.86. The molecule has 0 amide bonds. The molecule has 1 heterocycles. The van der Waals surface area contributed by atoms with Gasteiger partial charge in [-0.05, 0) is 38.1 Å². The molecule has 0 radical (unpaired) electrons. The molecule has 0 fully saturated rings. The minimum atomic E-state index is 0.921. The van der Waals surface area contributed by atoms with Crippen molar-refractivity contribution in [1.29, 1.82) is 0 Å². The summed E-state index contributed by atoms with van der Waals surface area (Å²) in [5.74, 6) is 0.966. The SMILES string of the molecule is CCCCN(CC)Cc1ccc(NCC)nc1. The first kappa shape index (κ1) is 14.0. The summed E-state index contributed by atoms with van der Waals surface area (Å²) >= 11 is 0. The Morgan fingerprint density at radius 1 is 1.24 bits per heavy atom. The number of pyridine rings is 1. The van der Waals surface area contributed by atoms with Gasteiger partial charge >= 0.3 is 0 Å². The van der Waals surface area contributed by atoms with Gasteiger partial charge in [0.1, 0.15) is 5.82 Å². The molecule has 0 saturated carbocycles. The summed E-state index contributed by atoms with van der Waals surface area (Å²) in [6, 6.07) is 4.23. The second-order valence-electron chi connectivity index (χ2n) is 4.30. The van der Waals surface area contributed by atoms with Gasteiger partial charge in [-0.15, -0.1) is 0 Å². The van der Waals surface area contributed by atoms with Crippen LogP contribution in [-0.2, 0) is 6.54 Å². The first-order valence-electron chi connectivity index (χ1n) is 6.71. The Morgan fingerprint density at radius 2 is 2.06 bits per heavy atom. The Balaban J connectivity index is 2.48. The summed E-state index contributed by atoms with van der Waals surface area (Å²) in [5.41, 5.74) is 1.30. The van der Waals surface area contributed by atoms with E-state index < -0.39 is 0 Å². The summed E-state index contributed by atoms with van der Waals surface area (Å²) < 4.78 is 0. The monoisotopic (exact) mass is 235 g/mol. The van der Waals surface area contributed by atoms with E-state index in [0.717, 1.165) is 25.5 Å². The average Bonchev–Trinajstić information content (AvgIpc) is 2.37. The summed E-state index contributed by atoms with van der Waals surface area (Å²) in [4.78, 5) is 6.86. The molecule has 3 heteroatoms. The molecule has 0 bridgehead atoms. The Hall–Kier alpha value is -1.09. The minimum Gasteiger partial charge on any atom is -0.370 e. The number of hydrogen-bond donors (Lipinski definition) is 1. The molecule has 1 rings (SSSR count). The zero-order chi connectivity index (χ0) is 12.5. The van der Waals surface area contributed by atoms with E-state index in [-0.39, 0.29) is 0 Å². The molecule has 0 aliphatic rings. The fraction of sp³-hybridized carbons (Fsp3) is 0.643. The highest BCUT2D eigenvalue weighted by molar-refractivity contribution is 5.35. The van der Waals surface area contributed by atoms with E-state index in [4.69, 9.17) is 0 Å². The summed E-state index contributed by atoms with van der Waals surface area (Å²) in [7, 11) is 0. The second kappa shape index (κ2) is 8.07. The molecular weight excluding hydrogens is 210 g/mol. The lowest BCUT2D eigenvalue weighted by molar-refractivity contribution is 0.275. The Labute approximate surface area is 105 Å². The van der Waals surface area contributed by atoms with Gasteiger partial charge in [-0.25, -0.2) is 4.98 Å². The van der Waals surface area contributed by atoms with Crippen LogP contribution in [0.4, 0.5) is 5.82 Å².